The minimum atomic E-state index is -4.35. The maximum Gasteiger partial charge on any atom is 0.267 e. The van der Waals surface area contributed by atoms with Gasteiger partial charge in [-0.25, -0.2) is 0 Å². The first-order valence-electron chi connectivity index (χ1n) is 19.2. The molecule has 2 atom stereocenters. The predicted octanol–water partition coefficient (Wildman–Crippen LogP) is 11.0. The third-order valence-electron chi connectivity index (χ3n) is 8.52. The highest BCUT2D eigenvalue weighted by Gasteiger charge is 2.24. The third-order valence-corrected chi connectivity index (χ3v) is 9.30. The summed E-state index contributed by atoms with van der Waals surface area (Å²) in [5, 5.41) is 13.1. The number of aliphatic hydroxyl groups excluding tert-OH is 1. The van der Waals surface area contributed by atoms with Gasteiger partial charge in [0.15, 0.2) is 0 Å². The number of rotatable bonds is 34. The summed E-state index contributed by atoms with van der Waals surface area (Å²) in [5.74, 6) is -1.01. The van der Waals surface area contributed by atoms with Crippen molar-refractivity contribution in [2.75, 3.05) is 5.75 Å². The Morgan fingerprint density at radius 3 is 1.46 bits per heavy atom. The molecule has 0 radical (unpaired) electrons. The second kappa shape index (κ2) is 33.5. The van der Waals surface area contributed by atoms with Crippen LogP contribution in [0.4, 0.5) is 0 Å². The Bertz CT molecular complexity index is 868. The van der Waals surface area contributed by atoms with Crippen molar-refractivity contribution in [1.82, 2.24) is 5.32 Å². The van der Waals surface area contributed by atoms with Crippen LogP contribution in [0.3, 0.4) is 0 Å². The van der Waals surface area contributed by atoms with E-state index in [-0.39, 0.29) is 12.3 Å². The van der Waals surface area contributed by atoms with Gasteiger partial charge in [-0.2, -0.15) is 8.42 Å². The Labute approximate surface area is 285 Å². The molecule has 0 aromatic rings. The van der Waals surface area contributed by atoms with E-state index >= 15 is 0 Å². The van der Waals surface area contributed by atoms with Gasteiger partial charge in [0.2, 0.25) is 5.91 Å². The molecular formula is C39H73NO5S. The van der Waals surface area contributed by atoms with E-state index in [4.69, 9.17) is 0 Å². The normalized spacial score (nSPS) is 13.7. The highest BCUT2D eigenvalue weighted by Crippen LogP contribution is 2.14. The fourth-order valence-corrected chi connectivity index (χ4v) is 6.38. The second-order valence-corrected chi connectivity index (χ2v) is 14.7. The molecule has 1 amide bonds. The first-order chi connectivity index (χ1) is 22.3. The van der Waals surface area contributed by atoms with E-state index in [0.717, 1.165) is 51.4 Å². The molecule has 0 aliphatic rings. The highest BCUT2D eigenvalue weighted by molar-refractivity contribution is 7.85. The number of aliphatic hydroxyl groups is 1. The number of hydrogen-bond acceptors (Lipinski definition) is 4. The van der Waals surface area contributed by atoms with E-state index in [2.05, 4.69) is 43.5 Å². The number of hydrogen-bond donors (Lipinski definition) is 3. The van der Waals surface area contributed by atoms with E-state index in [1.54, 1.807) is 0 Å². The zero-order valence-corrected chi connectivity index (χ0v) is 30.8. The summed E-state index contributed by atoms with van der Waals surface area (Å²) in [6.07, 6.45) is 42.9. The molecule has 0 aliphatic carbocycles. The van der Waals surface area contributed by atoms with Gasteiger partial charge in [0.05, 0.1) is 17.9 Å². The monoisotopic (exact) mass is 668 g/mol. The minimum Gasteiger partial charge on any atom is -0.387 e. The minimum absolute atomic E-state index is 0.277. The first-order valence-corrected chi connectivity index (χ1v) is 20.8. The molecule has 0 aromatic heterocycles. The van der Waals surface area contributed by atoms with Crippen molar-refractivity contribution < 1.29 is 22.9 Å². The first kappa shape index (κ1) is 44.6. The molecule has 0 heterocycles. The van der Waals surface area contributed by atoms with E-state index < -0.39 is 28.0 Å². The molecule has 3 N–H and O–H groups in total. The molecular weight excluding hydrogens is 594 g/mol. The van der Waals surface area contributed by atoms with Crippen LogP contribution < -0.4 is 5.32 Å². The lowest BCUT2D eigenvalue weighted by Crippen LogP contribution is -2.46. The van der Waals surface area contributed by atoms with Crippen LogP contribution in [0, 0.1) is 0 Å². The van der Waals surface area contributed by atoms with Crippen molar-refractivity contribution in [3.63, 3.8) is 0 Å². The van der Waals surface area contributed by atoms with Crippen LogP contribution in [0.1, 0.15) is 187 Å². The molecule has 0 rings (SSSR count). The number of unbranched alkanes of at least 4 members (excludes halogenated alkanes) is 22. The van der Waals surface area contributed by atoms with Gasteiger partial charge >= 0.3 is 0 Å². The van der Waals surface area contributed by atoms with Gasteiger partial charge in [0.25, 0.3) is 10.1 Å². The van der Waals surface area contributed by atoms with Gasteiger partial charge in [-0.15, -0.1) is 0 Å². The zero-order valence-electron chi connectivity index (χ0n) is 29.9. The standard InChI is InChI=1S/C39H73NO5S/c1-3-5-7-9-11-13-15-16-17-18-19-20-21-22-23-24-25-26-28-30-32-34-38(41)37(36-46(43,44)45)40-39(42)35-33-31-29-27-14-12-10-8-6-4-2/h8,10,25-26,32,34,37-38,41H,3-7,9,11-24,27-31,33,35-36H2,1-2H3,(H,40,42)(H,43,44,45)/b10-8-,26-25+,34-32+. The molecule has 0 fully saturated rings. The summed E-state index contributed by atoms with van der Waals surface area (Å²) >= 11 is 0. The average molecular weight is 668 g/mol. The van der Waals surface area contributed by atoms with Crippen molar-refractivity contribution in [1.29, 1.82) is 0 Å². The topological polar surface area (TPSA) is 104 Å². The fraction of sp³-hybridized carbons (Fsp3) is 0.821. The Morgan fingerprint density at radius 1 is 0.565 bits per heavy atom. The molecule has 7 heteroatoms. The zero-order chi connectivity index (χ0) is 34.0. The van der Waals surface area contributed by atoms with Crippen LogP contribution in [0.25, 0.3) is 0 Å². The summed E-state index contributed by atoms with van der Waals surface area (Å²) in [6, 6.07) is -1.07. The van der Waals surface area contributed by atoms with Crippen molar-refractivity contribution in [2.45, 2.75) is 199 Å². The van der Waals surface area contributed by atoms with E-state index in [1.807, 2.05) is 6.08 Å². The maximum absolute atomic E-state index is 12.4. The van der Waals surface area contributed by atoms with E-state index in [1.165, 1.54) is 109 Å². The number of carbonyl (C=O) groups excluding carboxylic acids is 1. The van der Waals surface area contributed by atoms with Gasteiger partial charge in [0, 0.05) is 6.42 Å². The molecule has 6 nitrogen and oxygen atoms in total. The van der Waals surface area contributed by atoms with Crippen molar-refractivity contribution in [3.8, 4) is 0 Å². The van der Waals surface area contributed by atoms with Gasteiger partial charge in [0.1, 0.15) is 0 Å². The van der Waals surface area contributed by atoms with Crippen LogP contribution in [0.15, 0.2) is 36.5 Å². The summed E-state index contributed by atoms with van der Waals surface area (Å²) in [5.41, 5.74) is 0. The Hall–Kier alpha value is -1.44. The lowest BCUT2D eigenvalue weighted by molar-refractivity contribution is -0.122. The lowest BCUT2D eigenvalue weighted by Gasteiger charge is -2.21. The predicted molar refractivity (Wildman–Crippen MR) is 198 cm³/mol. The van der Waals surface area contributed by atoms with Crippen LogP contribution in [0.5, 0.6) is 0 Å². The van der Waals surface area contributed by atoms with Crippen LogP contribution in [0.2, 0.25) is 0 Å². The maximum atomic E-state index is 12.4. The molecule has 0 aromatic carbocycles. The SMILES string of the molecule is CCC/C=C\CCCCCCCC(=O)NC(CS(=O)(=O)O)C(O)/C=C/CC/C=C/CCCCCCCCCCCCCCCCC. The van der Waals surface area contributed by atoms with Gasteiger partial charge in [-0.05, 0) is 51.4 Å². The number of nitrogens with one attached hydrogen (secondary N) is 1. The van der Waals surface area contributed by atoms with E-state index in [0.29, 0.717) is 12.8 Å². The molecule has 0 spiro atoms. The number of carbonyl (C=O) groups is 1. The van der Waals surface area contributed by atoms with Crippen LogP contribution >= 0.6 is 0 Å². The third kappa shape index (κ3) is 33.9. The van der Waals surface area contributed by atoms with Gasteiger partial charge < -0.3 is 10.4 Å². The Balaban J connectivity index is 3.95. The number of amides is 1. The van der Waals surface area contributed by atoms with Crippen molar-refractivity contribution in [3.05, 3.63) is 36.5 Å². The van der Waals surface area contributed by atoms with Crippen molar-refractivity contribution in [2.24, 2.45) is 0 Å². The van der Waals surface area contributed by atoms with Gasteiger partial charge in [-0.1, -0.05) is 166 Å². The smallest absolute Gasteiger partial charge is 0.267 e. The largest absolute Gasteiger partial charge is 0.387 e. The van der Waals surface area contributed by atoms with Gasteiger partial charge in [-0.3, -0.25) is 9.35 Å². The Morgan fingerprint density at radius 2 is 0.978 bits per heavy atom. The summed E-state index contributed by atoms with van der Waals surface area (Å²) in [4.78, 5) is 12.4. The molecule has 0 bridgehead atoms. The Kier molecular flexibility index (Phi) is 32.4. The summed E-state index contributed by atoms with van der Waals surface area (Å²) in [6.45, 7) is 4.45. The quantitative estimate of drug-likeness (QED) is 0.0360. The molecule has 0 aliphatic heterocycles. The summed E-state index contributed by atoms with van der Waals surface area (Å²) < 4.78 is 32.3. The highest BCUT2D eigenvalue weighted by atomic mass is 32.2. The molecule has 0 saturated heterocycles. The molecule has 46 heavy (non-hydrogen) atoms. The molecule has 270 valence electrons. The summed E-state index contributed by atoms with van der Waals surface area (Å²) in [7, 11) is -4.35. The van der Waals surface area contributed by atoms with Crippen molar-refractivity contribution >= 4 is 16.0 Å². The number of allylic oxidation sites excluding steroid dienone is 5. The molecule has 2 unspecified atom stereocenters. The average Bonchev–Trinajstić information content (AvgIpc) is 3.01. The van der Waals surface area contributed by atoms with Crippen LogP contribution in [-0.4, -0.2) is 41.9 Å². The molecule has 0 saturated carbocycles. The van der Waals surface area contributed by atoms with Crippen LogP contribution in [-0.2, 0) is 14.9 Å². The second-order valence-electron chi connectivity index (χ2n) is 13.2. The fourth-order valence-electron chi connectivity index (χ4n) is 5.64. The van der Waals surface area contributed by atoms with E-state index in [9.17, 15) is 22.9 Å². The lowest BCUT2D eigenvalue weighted by atomic mass is 10.0.